The molecule has 0 aromatic rings. The van der Waals surface area contributed by atoms with Crippen LogP contribution in [0.4, 0.5) is 4.79 Å². The van der Waals surface area contributed by atoms with Crippen molar-refractivity contribution in [3.8, 4) is 0 Å². The summed E-state index contributed by atoms with van der Waals surface area (Å²) >= 11 is 0. The zero-order valence-corrected chi connectivity index (χ0v) is 13.1. The lowest BCUT2D eigenvalue weighted by atomic mass is 9.85. The third kappa shape index (κ3) is 7.70. The highest BCUT2D eigenvalue weighted by Gasteiger charge is 2.30. The quantitative estimate of drug-likeness (QED) is 0.663. The van der Waals surface area contributed by atoms with E-state index in [2.05, 4.69) is 16.0 Å². The molecule has 5 heteroatoms. The van der Waals surface area contributed by atoms with Crippen molar-refractivity contribution in [3.05, 3.63) is 0 Å². The van der Waals surface area contributed by atoms with Crippen LogP contribution < -0.4 is 16.0 Å². The van der Waals surface area contributed by atoms with Crippen molar-refractivity contribution in [2.45, 2.75) is 66.5 Å². The Morgan fingerprint density at radius 2 is 1.68 bits per heavy atom. The molecular formula is C14H29N3O2. The third-order valence-electron chi connectivity index (χ3n) is 2.76. The Morgan fingerprint density at radius 1 is 1.11 bits per heavy atom. The van der Waals surface area contributed by atoms with Gasteiger partial charge in [-0.15, -0.1) is 0 Å². The Bertz CT molecular complexity index is 301. The molecule has 0 rings (SSSR count). The largest absolute Gasteiger partial charge is 0.353 e. The number of rotatable bonds is 7. The molecular weight excluding hydrogens is 242 g/mol. The van der Waals surface area contributed by atoms with Crippen molar-refractivity contribution in [1.29, 1.82) is 0 Å². The molecule has 0 saturated heterocycles. The second-order valence-electron chi connectivity index (χ2n) is 6.02. The van der Waals surface area contributed by atoms with Gasteiger partial charge in [0, 0.05) is 24.0 Å². The molecule has 19 heavy (non-hydrogen) atoms. The number of urea groups is 1. The Labute approximate surface area is 116 Å². The van der Waals surface area contributed by atoms with E-state index in [1.54, 1.807) is 0 Å². The minimum Gasteiger partial charge on any atom is -0.353 e. The summed E-state index contributed by atoms with van der Waals surface area (Å²) in [6, 6.07) is -0.0953. The molecule has 0 aliphatic rings. The fraction of sp³-hybridized carbons (Fsp3) is 0.857. The van der Waals surface area contributed by atoms with Crippen molar-refractivity contribution >= 4 is 11.9 Å². The lowest BCUT2D eigenvalue weighted by Gasteiger charge is -2.28. The molecule has 0 heterocycles. The summed E-state index contributed by atoms with van der Waals surface area (Å²) < 4.78 is 0. The average molecular weight is 271 g/mol. The van der Waals surface area contributed by atoms with Gasteiger partial charge in [0.25, 0.3) is 0 Å². The zero-order valence-electron chi connectivity index (χ0n) is 13.1. The predicted octanol–water partition coefficient (Wildman–Crippen LogP) is 2.02. The minimum atomic E-state index is -0.498. The maximum Gasteiger partial charge on any atom is 0.314 e. The molecule has 112 valence electrons. The van der Waals surface area contributed by atoms with Crippen LogP contribution in [-0.2, 0) is 4.79 Å². The maximum absolute atomic E-state index is 12.0. The fourth-order valence-electron chi connectivity index (χ4n) is 1.88. The van der Waals surface area contributed by atoms with Crippen LogP contribution in [-0.4, -0.2) is 30.6 Å². The first-order valence-electron chi connectivity index (χ1n) is 7.04. The third-order valence-corrected chi connectivity index (χ3v) is 2.76. The standard InChI is InChI=1S/C14H29N3O2/c1-7-8-15-13(19)17-11(4)9-14(5,6)12(18)16-10(2)3/h10-11H,7-9H2,1-6H3,(H,16,18)(H2,15,17,19). The lowest BCUT2D eigenvalue weighted by molar-refractivity contribution is -0.130. The van der Waals surface area contributed by atoms with Gasteiger partial charge >= 0.3 is 6.03 Å². The van der Waals surface area contributed by atoms with Crippen LogP contribution in [0.25, 0.3) is 0 Å². The first-order chi connectivity index (χ1) is 8.69. The van der Waals surface area contributed by atoms with E-state index in [4.69, 9.17) is 0 Å². The molecule has 1 unspecified atom stereocenters. The van der Waals surface area contributed by atoms with Crippen LogP contribution >= 0.6 is 0 Å². The highest BCUT2D eigenvalue weighted by atomic mass is 16.2. The van der Waals surface area contributed by atoms with E-state index < -0.39 is 5.41 Å². The van der Waals surface area contributed by atoms with Gasteiger partial charge < -0.3 is 16.0 Å². The Kier molecular flexibility index (Phi) is 7.49. The molecule has 0 fully saturated rings. The van der Waals surface area contributed by atoms with Gasteiger partial charge in [-0.25, -0.2) is 4.79 Å². The monoisotopic (exact) mass is 271 g/mol. The van der Waals surface area contributed by atoms with Crippen LogP contribution in [0.5, 0.6) is 0 Å². The number of amides is 3. The molecule has 5 nitrogen and oxygen atoms in total. The van der Waals surface area contributed by atoms with E-state index in [-0.39, 0.29) is 24.0 Å². The number of carbonyl (C=O) groups excluding carboxylic acids is 2. The molecule has 0 saturated carbocycles. The van der Waals surface area contributed by atoms with Gasteiger partial charge in [0.2, 0.25) is 5.91 Å². The molecule has 0 radical (unpaired) electrons. The first-order valence-corrected chi connectivity index (χ1v) is 7.04. The summed E-state index contributed by atoms with van der Waals surface area (Å²) in [5, 5.41) is 8.52. The van der Waals surface area contributed by atoms with Gasteiger partial charge in [0.15, 0.2) is 0 Å². The fourth-order valence-corrected chi connectivity index (χ4v) is 1.88. The summed E-state index contributed by atoms with van der Waals surface area (Å²) in [5.74, 6) is 0.0186. The van der Waals surface area contributed by atoms with Crippen LogP contribution in [0.15, 0.2) is 0 Å². The molecule has 0 aliphatic heterocycles. The normalized spacial score (nSPS) is 13.0. The second-order valence-corrected chi connectivity index (χ2v) is 6.02. The predicted molar refractivity (Wildman–Crippen MR) is 78.0 cm³/mol. The van der Waals surface area contributed by atoms with Gasteiger partial charge in [0.05, 0.1) is 0 Å². The number of nitrogens with one attached hydrogen (secondary N) is 3. The van der Waals surface area contributed by atoms with Gasteiger partial charge in [0.1, 0.15) is 0 Å². The first kappa shape index (κ1) is 17.7. The molecule has 0 bridgehead atoms. The highest BCUT2D eigenvalue weighted by Crippen LogP contribution is 2.22. The van der Waals surface area contributed by atoms with E-state index >= 15 is 0 Å². The molecule has 3 amide bonds. The second kappa shape index (κ2) is 8.02. The number of hydrogen-bond donors (Lipinski definition) is 3. The van der Waals surface area contributed by atoms with Crippen molar-refractivity contribution in [1.82, 2.24) is 16.0 Å². The summed E-state index contributed by atoms with van der Waals surface area (Å²) in [5.41, 5.74) is -0.498. The molecule has 0 aliphatic carbocycles. The van der Waals surface area contributed by atoms with Crippen molar-refractivity contribution in [2.75, 3.05) is 6.54 Å². The minimum absolute atomic E-state index is 0.0186. The number of hydrogen-bond acceptors (Lipinski definition) is 2. The average Bonchev–Trinajstić information content (AvgIpc) is 2.24. The summed E-state index contributed by atoms with van der Waals surface area (Å²) in [7, 11) is 0. The van der Waals surface area contributed by atoms with Crippen LogP contribution in [0.2, 0.25) is 0 Å². The van der Waals surface area contributed by atoms with Gasteiger partial charge in [-0.3, -0.25) is 4.79 Å². The topological polar surface area (TPSA) is 70.2 Å². The van der Waals surface area contributed by atoms with E-state index in [0.29, 0.717) is 13.0 Å². The van der Waals surface area contributed by atoms with E-state index in [1.165, 1.54) is 0 Å². The van der Waals surface area contributed by atoms with Crippen LogP contribution in [0.1, 0.15) is 54.4 Å². The van der Waals surface area contributed by atoms with Crippen molar-refractivity contribution in [3.63, 3.8) is 0 Å². The lowest BCUT2D eigenvalue weighted by Crippen LogP contribution is -2.46. The highest BCUT2D eigenvalue weighted by molar-refractivity contribution is 5.82. The number of carbonyl (C=O) groups is 2. The van der Waals surface area contributed by atoms with Crippen molar-refractivity contribution < 1.29 is 9.59 Å². The van der Waals surface area contributed by atoms with E-state index in [1.807, 2.05) is 41.5 Å². The Morgan fingerprint density at radius 3 is 2.16 bits per heavy atom. The SMILES string of the molecule is CCCNC(=O)NC(C)CC(C)(C)C(=O)NC(C)C. The van der Waals surface area contributed by atoms with Crippen molar-refractivity contribution in [2.24, 2.45) is 5.41 Å². The summed E-state index contributed by atoms with van der Waals surface area (Å²) in [6.07, 6.45) is 1.51. The van der Waals surface area contributed by atoms with Gasteiger partial charge in [-0.1, -0.05) is 20.8 Å². The van der Waals surface area contributed by atoms with E-state index in [0.717, 1.165) is 6.42 Å². The maximum atomic E-state index is 12.0. The molecule has 0 spiro atoms. The van der Waals surface area contributed by atoms with Crippen LogP contribution in [0, 0.1) is 5.41 Å². The summed E-state index contributed by atoms with van der Waals surface area (Å²) in [6.45, 7) is 12.2. The zero-order chi connectivity index (χ0) is 15.1. The molecule has 3 N–H and O–H groups in total. The van der Waals surface area contributed by atoms with Gasteiger partial charge in [-0.2, -0.15) is 0 Å². The summed E-state index contributed by atoms with van der Waals surface area (Å²) in [4.78, 5) is 23.6. The van der Waals surface area contributed by atoms with E-state index in [9.17, 15) is 9.59 Å². The molecule has 0 aromatic carbocycles. The van der Waals surface area contributed by atoms with Gasteiger partial charge in [-0.05, 0) is 33.6 Å². The van der Waals surface area contributed by atoms with Crippen LogP contribution in [0.3, 0.4) is 0 Å². The smallest absolute Gasteiger partial charge is 0.314 e. The molecule has 0 aromatic heterocycles. The molecule has 1 atom stereocenters. The Hall–Kier alpha value is -1.26. The Balaban J connectivity index is 4.25.